The predicted octanol–water partition coefficient (Wildman–Crippen LogP) is 0.590. The van der Waals surface area contributed by atoms with Gasteiger partial charge in [0.2, 0.25) is 5.91 Å². The van der Waals surface area contributed by atoms with Crippen LogP contribution in [0.15, 0.2) is 47.9 Å². The summed E-state index contributed by atoms with van der Waals surface area (Å²) in [6.45, 7) is 0.457. The van der Waals surface area contributed by atoms with Crippen LogP contribution in [0.1, 0.15) is 5.56 Å². The van der Waals surface area contributed by atoms with E-state index in [4.69, 9.17) is 0 Å². The average molecular weight is 332 g/mol. The Kier molecular flexibility index (Phi) is 3.99. The minimum Gasteiger partial charge on any atom is -0.374 e. The molecule has 1 aromatic heterocycles. The first-order valence-corrected chi connectivity index (χ1v) is 8.57. The van der Waals surface area contributed by atoms with Gasteiger partial charge in [0.1, 0.15) is 0 Å². The van der Waals surface area contributed by atoms with Gasteiger partial charge >= 0.3 is 0 Å². The average Bonchev–Trinajstić information content (AvgIpc) is 2.55. The lowest BCUT2D eigenvalue weighted by atomic mass is 9.92. The summed E-state index contributed by atoms with van der Waals surface area (Å²) in [5, 5.41) is -0.266. The number of carbonyl (C=O) groups is 1. The largest absolute Gasteiger partial charge is 0.374 e. The summed E-state index contributed by atoms with van der Waals surface area (Å²) in [4.78, 5) is 21.8. The molecule has 0 saturated heterocycles. The molecule has 1 N–H and O–H groups in total. The van der Waals surface area contributed by atoms with Gasteiger partial charge in [0, 0.05) is 31.7 Å². The smallest absolute Gasteiger partial charge is 0.283 e. The maximum absolute atomic E-state index is 12.4. The topological polar surface area (TPSA) is 92.3 Å². The van der Waals surface area contributed by atoms with Gasteiger partial charge in [0.25, 0.3) is 10.0 Å². The second-order valence-electron chi connectivity index (χ2n) is 5.42. The van der Waals surface area contributed by atoms with Crippen LogP contribution in [0.25, 0.3) is 0 Å². The fourth-order valence-corrected chi connectivity index (χ4v) is 3.62. The number of benzene rings is 1. The normalized spacial score (nSPS) is 17.4. The Hall–Kier alpha value is -2.48. The van der Waals surface area contributed by atoms with E-state index in [0.717, 1.165) is 17.4 Å². The number of carbonyl (C=O) groups excluding carboxylic acids is 1. The molecule has 0 bridgehead atoms. The lowest BCUT2D eigenvalue weighted by Gasteiger charge is -2.32. The Morgan fingerprint density at radius 2 is 2.09 bits per heavy atom. The molecule has 7 nitrogen and oxygen atoms in total. The van der Waals surface area contributed by atoms with Crippen molar-refractivity contribution in [1.82, 2.24) is 14.7 Å². The van der Waals surface area contributed by atoms with Crippen molar-refractivity contribution in [1.29, 1.82) is 0 Å². The third-order valence-electron chi connectivity index (χ3n) is 3.78. The van der Waals surface area contributed by atoms with Gasteiger partial charge in [-0.1, -0.05) is 18.2 Å². The third kappa shape index (κ3) is 3.16. The molecule has 1 atom stereocenters. The van der Waals surface area contributed by atoms with Crippen molar-refractivity contribution >= 4 is 21.6 Å². The number of amides is 1. The van der Waals surface area contributed by atoms with Gasteiger partial charge in [0.15, 0.2) is 5.03 Å². The highest BCUT2D eigenvalue weighted by Crippen LogP contribution is 2.28. The Balaban J connectivity index is 1.78. The number of para-hydroxylation sites is 1. The van der Waals surface area contributed by atoms with Crippen LogP contribution >= 0.6 is 0 Å². The lowest BCUT2D eigenvalue weighted by molar-refractivity contribution is -0.123. The van der Waals surface area contributed by atoms with Gasteiger partial charge in [-0.2, -0.15) is 8.42 Å². The van der Waals surface area contributed by atoms with E-state index in [9.17, 15) is 13.2 Å². The SMILES string of the molecule is CN1CC(C(=O)NS(=O)(=O)c2cnccn2)Cc2ccccc21. The quantitative estimate of drug-likeness (QED) is 0.884. The molecule has 1 aliphatic rings. The molecule has 1 unspecified atom stereocenters. The molecule has 23 heavy (non-hydrogen) atoms. The highest BCUT2D eigenvalue weighted by Gasteiger charge is 2.30. The Morgan fingerprint density at radius 1 is 1.30 bits per heavy atom. The van der Waals surface area contributed by atoms with E-state index in [1.807, 2.05) is 36.2 Å². The zero-order valence-corrected chi connectivity index (χ0v) is 13.3. The predicted molar refractivity (Wildman–Crippen MR) is 84.3 cm³/mol. The molecule has 0 spiro atoms. The molecule has 120 valence electrons. The molecular formula is C15H16N4O3S. The molecule has 1 aliphatic heterocycles. The molecule has 8 heteroatoms. The monoisotopic (exact) mass is 332 g/mol. The van der Waals surface area contributed by atoms with Gasteiger partial charge in [-0.3, -0.25) is 9.78 Å². The highest BCUT2D eigenvalue weighted by atomic mass is 32.2. The first-order chi connectivity index (χ1) is 11.0. The van der Waals surface area contributed by atoms with Crippen molar-refractivity contribution in [2.45, 2.75) is 11.4 Å². The number of nitrogens with zero attached hydrogens (tertiary/aromatic N) is 3. The molecule has 0 fully saturated rings. The number of nitrogens with one attached hydrogen (secondary N) is 1. The number of hydrogen-bond acceptors (Lipinski definition) is 6. The van der Waals surface area contributed by atoms with E-state index >= 15 is 0 Å². The summed E-state index contributed by atoms with van der Waals surface area (Å²) in [6, 6.07) is 7.78. The molecule has 3 rings (SSSR count). The van der Waals surface area contributed by atoms with E-state index in [1.165, 1.54) is 12.4 Å². The Labute approximate surface area is 134 Å². The van der Waals surface area contributed by atoms with Crippen molar-refractivity contribution in [3.63, 3.8) is 0 Å². The van der Waals surface area contributed by atoms with Gasteiger partial charge < -0.3 is 4.90 Å². The summed E-state index contributed by atoms with van der Waals surface area (Å²) in [7, 11) is -2.11. The first kappa shape index (κ1) is 15.4. The fourth-order valence-electron chi connectivity index (χ4n) is 2.68. The zero-order chi connectivity index (χ0) is 16.4. The van der Waals surface area contributed by atoms with Crippen LogP contribution in [-0.2, 0) is 21.2 Å². The van der Waals surface area contributed by atoms with Crippen molar-refractivity contribution in [2.24, 2.45) is 5.92 Å². The fraction of sp³-hybridized carbons (Fsp3) is 0.267. The van der Waals surface area contributed by atoms with Crippen LogP contribution in [-0.4, -0.2) is 37.9 Å². The summed E-state index contributed by atoms with van der Waals surface area (Å²) < 4.78 is 26.4. The van der Waals surface area contributed by atoms with Crippen LogP contribution < -0.4 is 9.62 Å². The second kappa shape index (κ2) is 5.96. The minimum absolute atomic E-state index is 0.266. The first-order valence-electron chi connectivity index (χ1n) is 7.09. The number of hydrogen-bond donors (Lipinski definition) is 1. The molecular weight excluding hydrogens is 316 g/mol. The Morgan fingerprint density at radius 3 is 2.83 bits per heavy atom. The van der Waals surface area contributed by atoms with Crippen LogP contribution in [0.2, 0.25) is 0 Å². The van der Waals surface area contributed by atoms with Crippen LogP contribution in [0.5, 0.6) is 0 Å². The van der Waals surface area contributed by atoms with Gasteiger partial charge in [-0.15, -0.1) is 0 Å². The zero-order valence-electron chi connectivity index (χ0n) is 12.5. The van der Waals surface area contributed by atoms with Gasteiger partial charge in [0.05, 0.1) is 12.1 Å². The summed E-state index contributed by atoms with van der Waals surface area (Å²) >= 11 is 0. The molecule has 1 aromatic carbocycles. The lowest BCUT2D eigenvalue weighted by Crippen LogP contribution is -2.44. The van der Waals surface area contributed by atoms with E-state index in [-0.39, 0.29) is 5.03 Å². The molecule has 1 amide bonds. The van der Waals surface area contributed by atoms with E-state index in [2.05, 4.69) is 14.7 Å². The second-order valence-corrected chi connectivity index (χ2v) is 7.05. The maximum atomic E-state index is 12.4. The van der Waals surface area contributed by atoms with Crippen molar-refractivity contribution in [3.05, 3.63) is 48.4 Å². The number of anilines is 1. The number of sulfonamides is 1. The summed E-state index contributed by atoms with van der Waals surface area (Å²) in [6.07, 6.45) is 4.25. The Bertz CT molecular complexity index is 824. The number of rotatable bonds is 3. The maximum Gasteiger partial charge on any atom is 0.283 e. The molecule has 0 radical (unpaired) electrons. The van der Waals surface area contributed by atoms with Crippen LogP contribution in [0.3, 0.4) is 0 Å². The third-order valence-corrected chi connectivity index (χ3v) is 5.02. The summed E-state index contributed by atoms with van der Waals surface area (Å²) in [5.41, 5.74) is 2.09. The minimum atomic E-state index is -4.00. The van der Waals surface area contributed by atoms with E-state index in [1.54, 1.807) is 0 Å². The van der Waals surface area contributed by atoms with E-state index in [0.29, 0.717) is 13.0 Å². The summed E-state index contributed by atoms with van der Waals surface area (Å²) in [5.74, 6) is -0.974. The van der Waals surface area contributed by atoms with Crippen molar-refractivity contribution in [3.8, 4) is 0 Å². The molecule has 0 aliphatic carbocycles. The van der Waals surface area contributed by atoms with Gasteiger partial charge in [-0.05, 0) is 18.1 Å². The molecule has 2 heterocycles. The van der Waals surface area contributed by atoms with E-state index < -0.39 is 21.8 Å². The standard InChI is InChI=1S/C15H16N4O3S/c1-19-10-12(8-11-4-2-3-5-13(11)19)15(20)18-23(21,22)14-9-16-6-7-17-14/h2-7,9,12H,8,10H2,1H3,(H,18,20). The molecule has 0 saturated carbocycles. The van der Waals surface area contributed by atoms with Crippen molar-refractivity contribution in [2.75, 3.05) is 18.5 Å². The van der Waals surface area contributed by atoms with Crippen LogP contribution in [0.4, 0.5) is 5.69 Å². The van der Waals surface area contributed by atoms with Gasteiger partial charge in [-0.25, -0.2) is 9.71 Å². The highest BCUT2D eigenvalue weighted by molar-refractivity contribution is 7.90. The number of fused-ring (bicyclic) bond motifs is 1. The van der Waals surface area contributed by atoms with Crippen LogP contribution in [0, 0.1) is 5.92 Å². The van der Waals surface area contributed by atoms with Crippen molar-refractivity contribution < 1.29 is 13.2 Å². The molecule has 2 aromatic rings. The number of aromatic nitrogens is 2.